The van der Waals surface area contributed by atoms with E-state index in [1.807, 2.05) is 37.3 Å². The molecule has 0 fully saturated rings. The lowest BCUT2D eigenvalue weighted by atomic mass is 10.1. The van der Waals surface area contributed by atoms with Gasteiger partial charge in [0, 0.05) is 25.0 Å². The lowest BCUT2D eigenvalue weighted by Gasteiger charge is -2.09. The van der Waals surface area contributed by atoms with Crippen LogP contribution in [-0.4, -0.2) is 49.5 Å². The number of carbonyl (C=O) groups is 6. The number of rotatable bonds is 20. The monoisotopic (exact) mass is 816 g/mol. The fraction of sp³-hybridized carbons (Fsp3) is 0.250. The molecular formula is C48H48O12. The molecule has 0 heterocycles. The molecule has 0 aromatic heterocycles. The fourth-order valence-corrected chi connectivity index (χ4v) is 5.78. The number of hydrogen-bond donors (Lipinski definition) is 0. The van der Waals surface area contributed by atoms with Gasteiger partial charge in [-0.05, 0) is 134 Å². The third-order valence-corrected chi connectivity index (χ3v) is 8.88. The van der Waals surface area contributed by atoms with Crippen LogP contribution in [0.4, 0.5) is 0 Å². The summed E-state index contributed by atoms with van der Waals surface area (Å²) in [5, 5.41) is 3.76. The summed E-state index contributed by atoms with van der Waals surface area (Å²) in [6.07, 6.45) is 7.09. The molecule has 12 nitrogen and oxygen atoms in total. The van der Waals surface area contributed by atoms with Crippen LogP contribution in [0.3, 0.4) is 0 Å². The van der Waals surface area contributed by atoms with E-state index in [2.05, 4.69) is 19.2 Å². The van der Waals surface area contributed by atoms with Crippen molar-refractivity contribution < 1.29 is 57.2 Å². The Kier molecular flexibility index (Phi) is 18.2. The van der Waals surface area contributed by atoms with Crippen LogP contribution in [0.1, 0.15) is 72.9 Å². The van der Waals surface area contributed by atoms with Crippen molar-refractivity contribution in [3.63, 3.8) is 0 Å². The maximum absolute atomic E-state index is 12.6. The maximum atomic E-state index is 12.6. The highest BCUT2D eigenvalue weighted by Gasteiger charge is 2.13. The van der Waals surface area contributed by atoms with Crippen molar-refractivity contribution in [3.8, 4) is 23.0 Å². The van der Waals surface area contributed by atoms with Crippen molar-refractivity contribution in [2.24, 2.45) is 0 Å². The molecule has 0 aliphatic heterocycles. The van der Waals surface area contributed by atoms with E-state index >= 15 is 0 Å². The number of benzene rings is 5. The van der Waals surface area contributed by atoms with Gasteiger partial charge in [-0.15, -0.1) is 0 Å². The second-order valence-electron chi connectivity index (χ2n) is 13.6. The van der Waals surface area contributed by atoms with Crippen LogP contribution < -0.4 is 18.9 Å². The molecule has 312 valence electrons. The van der Waals surface area contributed by atoms with Crippen molar-refractivity contribution in [2.75, 3.05) is 13.2 Å². The zero-order valence-electron chi connectivity index (χ0n) is 33.8. The number of ether oxygens (including phenoxy) is 6. The Labute approximate surface area is 348 Å². The van der Waals surface area contributed by atoms with Gasteiger partial charge < -0.3 is 28.4 Å². The number of carbonyl (C=O) groups excluding carboxylic acids is 6. The van der Waals surface area contributed by atoms with Gasteiger partial charge in [-0.2, -0.15) is 0 Å². The minimum Gasteiger partial charge on any atom is -0.463 e. The summed E-state index contributed by atoms with van der Waals surface area (Å²) in [5.74, 6) is -0.304. The molecule has 60 heavy (non-hydrogen) atoms. The molecule has 0 spiro atoms. The van der Waals surface area contributed by atoms with Gasteiger partial charge in [0.1, 0.15) is 23.0 Å². The second-order valence-corrected chi connectivity index (χ2v) is 13.6. The molecular weight excluding hydrogens is 769 g/mol. The summed E-state index contributed by atoms with van der Waals surface area (Å²) in [6.45, 7) is 11.4. The molecule has 0 radical (unpaired) electrons. The molecule has 0 saturated heterocycles. The molecule has 5 aromatic rings. The van der Waals surface area contributed by atoms with Gasteiger partial charge in [0.25, 0.3) is 6.47 Å². The first-order valence-electron chi connectivity index (χ1n) is 19.4. The third-order valence-electron chi connectivity index (χ3n) is 8.88. The normalized spacial score (nSPS) is 10.4. The highest BCUT2D eigenvalue weighted by Crippen LogP contribution is 2.26. The van der Waals surface area contributed by atoms with Gasteiger partial charge >= 0.3 is 29.8 Å². The molecule has 5 aromatic carbocycles. The maximum Gasteiger partial charge on any atom is 0.343 e. The van der Waals surface area contributed by atoms with E-state index in [0.29, 0.717) is 79.5 Å². The topological polar surface area (TPSA) is 158 Å². The zero-order chi connectivity index (χ0) is 43.3. The minimum absolute atomic E-state index is 0.246. The smallest absolute Gasteiger partial charge is 0.343 e. The molecule has 0 saturated carbocycles. The van der Waals surface area contributed by atoms with Crippen molar-refractivity contribution >= 4 is 57.9 Å². The number of aryl methyl sites for hydroxylation is 2. The van der Waals surface area contributed by atoms with Gasteiger partial charge in [-0.3, -0.25) is 14.4 Å². The van der Waals surface area contributed by atoms with Crippen molar-refractivity contribution in [2.45, 2.75) is 65.2 Å². The van der Waals surface area contributed by atoms with Crippen molar-refractivity contribution in [1.29, 1.82) is 0 Å². The molecule has 0 atom stereocenters. The van der Waals surface area contributed by atoms with Crippen LogP contribution in [0.2, 0.25) is 0 Å². The molecule has 0 aliphatic carbocycles. The van der Waals surface area contributed by atoms with E-state index in [1.54, 1.807) is 61.5 Å². The van der Waals surface area contributed by atoms with Crippen molar-refractivity contribution in [3.05, 3.63) is 133 Å². The summed E-state index contributed by atoms with van der Waals surface area (Å²) >= 11 is 0. The Morgan fingerprint density at radius 3 is 1.55 bits per heavy atom. The summed E-state index contributed by atoms with van der Waals surface area (Å²) in [7, 11) is 0. The third kappa shape index (κ3) is 15.4. The molecule has 0 unspecified atom stereocenters. The summed E-state index contributed by atoms with van der Waals surface area (Å²) in [5.41, 5.74) is 2.21. The first-order valence-corrected chi connectivity index (χ1v) is 19.4. The predicted octanol–water partition coefficient (Wildman–Crippen LogP) is 9.44. The van der Waals surface area contributed by atoms with E-state index in [4.69, 9.17) is 28.4 Å². The van der Waals surface area contributed by atoms with E-state index < -0.39 is 17.9 Å². The summed E-state index contributed by atoms with van der Waals surface area (Å²) in [4.78, 5) is 68.9. The Morgan fingerprint density at radius 2 is 1.02 bits per heavy atom. The van der Waals surface area contributed by atoms with Gasteiger partial charge in [0.05, 0.1) is 18.8 Å². The Morgan fingerprint density at radius 1 is 0.533 bits per heavy atom. The molecule has 12 heteroatoms. The zero-order valence-corrected chi connectivity index (χ0v) is 33.8. The quantitative estimate of drug-likeness (QED) is 0.0241. The lowest BCUT2D eigenvalue weighted by molar-refractivity contribution is -0.138. The van der Waals surface area contributed by atoms with Crippen LogP contribution in [0.25, 0.3) is 21.5 Å². The van der Waals surface area contributed by atoms with Crippen LogP contribution in [0, 0.1) is 13.8 Å². The predicted molar refractivity (Wildman–Crippen MR) is 226 cm³/mol. The average molecular weight is 817 g/mol. The minimum atomic E-state index is -0.532. The van der Waals surface area contributed by atoms with E-state index in [-0.39, 0.29) is 18.4 Å². The molecule has 5 rings (SSSR count). The number of esters is 5. The molecule has 0 amide bonds. The SMILES string of the molecule is C=CC(=O)OCCCCCC(=O)Oc1ccc2cc(C(=O)Oc3ccc(OC=O)c(C)c3)ccc2c1.C=CC(=O)OCCCCCC(=O)Oc1ccc2cc(C)ccc2c1. The lowest BCUT2D eigenvalue weighted by Crippen LogP contribution is -2.09. The van der Waals surface area contributed by atoms with E-state index in [1.165, 1.54) is 5.56 Å². The van der Waals surface area contributed by atoms with Gasteiger partial charge in [0.15, 0.2) is 0 Å². The molecule has 0 aliphatic rings. The van der Waals surface area contributed by atoms with Crippen LogP contribution in [-0.2, 0) is 33.4 Å². The highest BCUT2D eigenvalue weighted by molar-refractivity contribution is 5.97. The standard InChI is InChI=1S/C28H26O8.C20H22O4/c1-3-26(30)33-14-6-4-5-7-27(31)35-24-11-10-20-16-22(9-8-21(20)17-24)28(32)36-23-12-13-25(34-18-29)19(2)15-23;1-3-19(21)23-12-6-4-5-7-20(22)24-18-11-10-16-13-15(2)8-9-17(16)14-18/h3,8-13,15-18H,1,4-7,14H2,2H3;3,8-11,13-14H,1,4-7,12H2,2H3. The summed E-state index contributed by atoms with van der Waals surface area (Å²) < 4.78 is 30.8. The largest absolute Gasteiger partial charge is 0.463 e. The number of unbranched alkanes of at least 4 members (excludes halogenated alkanes) is 4. The van der Waals surface area contributed by atoms with Gasteiger partial charge in [-0.25, -0.2) is 14.4 Å². The average Bonchev–Trinajstić information content (AvgIpc) is 3.24. The van der Waals surface area contributed by atoms with Crippen LogP contribution in [0.5, 0.6) is 23.0 Å². The molecule has 0 N–H and O–H groups in total. The molecule has 0 bridgehead atoms. The number of hydrogen-bond acceptors (Lipinski definition) is 12. The highest BCUT2D eigenvalue weighted by atomic mass is 16.6. The Hall–Kier alpha value is -7.08. The van der Waals surface area contributed by atoms with Crippen LogP contribution in [0.15, 0.2) is 116 Å². The fourth-order valence-electron chi connectivity index (χ4n) is 5.78. The summed E-state index contributed by atoms with van der Waals surface area (Å²) in [6, 6.07) is 26.7. The first kappa shape index (κ1) is 45.6. The Bertz CT molecular complexity index is 2330. The second kappa shape index (κ2) is 24.0. The van der Waals surface area contributed by atoms with E-state index in [0.717, 1.165) is 53.0 Å². The Balaban J connectivity index is 0.000000287. The van der Waals surface area contributed by atoms with E-state index in [9.17, 15) is 28.8 Å². The first-order chi connectivity index (χ1) is 29.0. The van der Waals surface area contributed by atoms with Gasteiger partial charge in [-0.1, -0.05) is 55.1 Å². The number of fused-ring (bicyclic) bond motifs is 2. The van der Waals surface area contributed by atoms with Crippen LogP contribution >= 0.6 is 0 Å². The van der Waals surface area contributed by atoms with Crippen molar-refractivity contribution in [1.82, 2.24) is 0 Å². The van der Waals surface area contributed by atoms with Gasteiger partial charge in [0.2, 0.25) is 0 Å².